The van der Waals surface area contributed by atoms with E-state index >= 15 is 0 Å². The third-order valence-electron chi connectivity index (χ3n) is 5.59. The van der Waals surface area contributed by atoms with Gasteiger partial charge in [-0.2, -0.15) is 0 Å². The van der Waals surface area contributed by atoms with Crippen molar-refractivity contribution in [1.29, 1.82) is 0 Å². The van der Waals surface area contributed by atoms with Gasteiger partial charge in [-0.1, -0.05) is 49.4 Å². The van der Waals surface area contributed by atoms with E-state index in [1.165, 1.54) is 11.1 Å². The zero-order chi connectivity index (χ0) is 20.9. The molecule has 0 spiro atoms. The number of hydrogen-bond acceptors (Lipinski definition) is 4. The van der Waals surface area contributed by atoms with Crippen LogP contribution in [0.25, 0.3) is 11.1 Å². The van der Waals surface area contributed by atoms with Crippen molar-refractivity contribution in [1.82, 2.24) is 9.88 Å². The highest BCUT2D eigenvalue weighted by atomic mass is 16.5. The van der Waals surface area contributed by atoms with Crippen molar-refractivity contribution < 1.29 is 9.84 Å². The van der Waals surface area contributed by atoms with E-state index < -0.39 is 0 Å². The third-order valence-corrected chi connectivity index (χ3v) is 5.59. The molecule has 2 heterocycles. The van der Waals surface area contributed by atoms with Crippen molar-refractivity contribution in [3.63, 3.8) is 0 Å². The molecular formula is C26H28N2O2. The van der Waals surface area contributed by atoms with Gasteiger partial charge in [0.2, 0.25) is 5.88 Å². The smallest absolute Gasteiger partial charge is 0.213 e. The topological polar surface area (TPSA) is 45.6 Å². The lowest BCUT2D eigenvalue weighted by atomic mass is 9.89. The van der Waals surface area contributed by atoms with Crippen LogP contribution in [0.4, 0.5) is 0 Å². The second kappa shape index (κ2) is 9.14. The molecule has 154 valence electrons. The van der Waals surface area contributed by atoms with E-state index in [2.05, 4.69) is 54.2 Å². The van der Waals surface area contributed by atoms with E-state index in [4.69, 9.17) is 4.74 Å². The number of phenols is 1. The van der Waals surface area contributed by atoms with Crippen molar-refractivity contribution in [2.75, 3.05) is 20.1 Å². The molecule has 4 rings (SSSR count). The average Bonchev–Trinajstić information content (AvgIpc) is 3.19. The summed E-state index contributed by atoms with van der Waals surface area (Å²) in [6, 6.07) is 21.9. The number of aromatic nitrogens is 1. The number of allylic oxidation sites excluding steroid dienone is 1. The minimum absolute atomic E-state index is 0.205. The number of benzene rings is 2. The van der Waals surface area contributed by atoms with E-state index in [0.29, 0.717) is 5.88 Å². The fourth-order valence-corrected chi connectivity index (χ4v) is 4.07. The van der Waals surface area contributed by atoms with Crippen LogP contribution in [0, 0.1) is 0 Å². The first-order valence-electron chi connectivity index (χ1n) is 10.5. The molecule has 1 fully saturated rings. The maximum atomic E-state index is 9.76. The van der Waals surface area contributed by atoms with Gasteiger partial charge < -0.3 is 14.7 Å². The molecule has 4 nitrogen and oxygen atoms in total. The van der Waals surface area contributed by atoms with Gasteiger partial charge in [0.1, 0.15) is 11.9 Å². The Hall–Kier alpha value is -3.11. The van der Waals surface area contributed by atoms with Gasteiger partial charge in [-0.05, 0) is 60.4 Å². The number of hydrogen-bond donors (Lipinski definition) is 1. The molecule has 1 aliphatic heterocycles. The molecule has 3 aromatic rings. The normalized spacial score (nSPS) is 17.6. The molecule has 4 heteroatoms. The molecule has 30 heavy (non-hydrogen) atoms. The number of rotatable bonds is 6. The number of aromatic hydroxyl groups is 1. The summed E-state index contributed by atoms with van der Waals surface area (Å²) in [5, 5.41) is 9.76. The molecular weight excluding hydrogens is 372 g/mol. The highest BCUT2D eigenvalue weighted by Crippen LogP contribution is 2.35. The fourth-order valence-electron chi connectivity index (χ4n) is 4.07. The van der Waals surface area contributed by atoms with Crippen LogP contribution >= 0.6 is 0 Å². The largest absolute Gasteiger partial charge is 0.508 e. The second-order valence-corrected chi connectivity index (χ2v) is 7.80. The summed E-state index contributed by atoms with van der Waals surface area (Å²) in [6.07, 6.45) is 4.02. The zero-order valence-corrected chi connectivity index (χ0v) is 17.6. The molecule has 0 amide bonds. The molecule has 0 bridgehead atoms. The number of likely N-dealkylation sites (tertiary alicyclic amines) is 1. The van der Waals surface area contributed by atoms with Crippen LogP contribution in [0.1, 0.15) is 36.5 Å². The van der Waals surface area contributed by atoms with Gasteiger partial charge >= 0.3 is 0 Å². The molecule has 0 aliphatic carbocycles. The highest BCUT2D eigenvalue weighted by molar-refractivity contribution is 5.98. The Bertz CT molecular complexity index is 995. The first-order valence-corrected chi connectivity index (χ1v) is 10.5. The summed E-state index contributed by atoms with van der Waals surface area (Å²) in [5.74, 6) is 0.932. The number of nitrogens with zero attached hydrogens (tertiary/aromatic N) is 2. The molecule has 1 aromatic heterocycles. The van der Waals surface area contributed by atoms with E-state index in [1.807, 2.05) is 30.5 Å². The van der Waals surface area contributed by atoms with E-state index in [0.717, 1.165) is 42.6 Å². The van der Waals surface area contributed by atoms with Crippen molar-refractivity contribution in [3.05, 3.63) is 89.6 Å². The first-order chi connectivity index (χ1) is 14.6. The van der Waals surface area contributed by atoms with Gasteiger partial charge in [0.05, 0.1) is 0 Å². The first kappa shape index (κ1) is 20.2. The van der Waals surface area contributed by atoms with Crippen molar-refractivity contribution in [3.8, 4) is 11.6 Å². The second-order valence-electron chi connectivity index (χ2n) is 7.80. The maximum absolute atomic E-state index is 9.76. The van der Waals surface area contributed by atoms with Crippen molar-refractivity contribution in [2.24, 2.45) is 0 Å². The Morgan fingerprint density at radius 2 is 1.73 bits per heavy atom. The van der Waals surface area contributed by atoms with Crippen LogP contribution in [-0.2, 0) is 0 Å². The SMILES string of the molecule is CCC(=C(c1ccc(O)cc1)c1ccc(OC2CCN(C)C2)nc1)c1ccccc1. The fraction of sp³-hybridized carbons (Fsp3) is 0.269. The molecule has 0 saturated carbocycles. The summed E-state index contributed by atoms with van der Waals surface area (Å²) in [6.45, 7) is 4.17. The van der Waals surface area contributed by atoms with Gasteiger partial charge in [0.25, 0.3) is 0 Å². The van der Waals surface area contributed by atoms with Crippen LogP contribution in [0.3, 0.4) is 0 Å². The molecule has 1 unspecified atom stereocenters. The quantitative estimate of drug-likeness (QED) is 0.575. The molecule has 1 saturated heterocycles. The molecule has 2 aromatic carbocycles. The van der Waals surface area contributed by atoms with Gasteiger partial charge in [-0.3, -0.25) is 0 Å². The Labute approximate surface area is 178 Å². The van der Waals surface area contributed by atoms with Crippen LogP contribution in [-0.4, -0.2) is 41.2 Å². The average molecular weight is 401 g/mol. The van der Waals surface area contributed by atoms with Crippen molar-refractivity contribution >= 4 is 11.1 Å². The van der Waals surface area contributed by atoms with E-state index in [1.54, 1.807) is 12.1 Å². The van der Waals surface area contributed by atoms with Crippen LogP contribution in [0.5, 0.6) is 11.6 Å². The van der Waals surface area contributed by atoms with Gasteiger partial charge in [-0.25, -0.2) is 4.98 Å². The Balaban J connectivity index is 1.72. The summed E-state index contributed by atoms with van der Waals surface area (Å²) < 4.78 is 6.07. The lowest BCUT2D eigenvalue weighted by molar-refractivity contribution is 0.200. The molecule has 1 atom stereocenters. The number of pyridine rings is 1. The van der Waals surface area contributed by atoms with Crippen molar-refractivity contribution in [2.45, 2.75) is 25.9 Å². The predicted molar refractivity (Wildman–Crippen MR) is 122 cm³/mol. The summed E-state index contributed by atoms with van der Waals surface area (Å²) >= 11 is 0. The maximum Gasteiger partial charge on any atom is 0.213 e. The number of ether oxygens (including phenoxy) is 1. The predicted octanol–water partition coefficient (Wildman–Crippen LogP) is 5.24. The Morgan fingerprint density at radius 3 is 2.33 bits per heavy atom. The monoisotopic (exact) mass is 400 g/mol. The zero-order valence-electron chi connectivity index (χ0n) is 17.6. The minimum Gasteiger partial charge on any atom is -0.508 e. The van der Waals surface area contributed by atoms with Crippen LogP contribution in [0.2, 0.25) is 0 Å². The lowest BCUT2D eigenvalue weighted by Gasteiger charge is -2.17. The van der Waals surface area contributed by atoms with Gasteiger partial charge in [0, 0.05) is 30.9 Å². The standard InChI is InChI=1S/C26H28N2O2/c1-3-24(19-7-5-4-6-8-19)26(20-9-12-22(29)13-10-20)21-11-14-25(27-17-21)30-23-15-16-28(2)18-23/h4-14,17,23,29H,3,15-16,18H2,1-2H3. The molecule has 1 aliphatic rings. The summed E-state index contributed by atoms with van der Waals surface area (Å²) in [5.41, 5.74) is 5.66. The van der Waals surface area contributed by atoms with Crippen LogP contribution in [0.15, 0.2) is 72.9 Å². The summed E-state index contributed by atoms with van der Waals surface area (Å²) in [7, 11) is 2.12. The van der Waals surface area contributed by atoms with E-state index in [9.17, 15) is 5.11 Å². The third kappa shape index (κ3) is 4.55. The number of likely N-dealkylation sites (N-methyl/N-ethyl adjacent to an activating group) is 1. The van der Waals surface area contributed by atoms with Crippen LogP contribution < -0.4 is 4.74 Å². The molecule has 1 N–H and O–H groups in total. The highest BCUT2D eigenvalue weighted by Gasteiger charge is 2.21. The molecule has 0 radical (unpaired) electrons. The Morgan fingerprint density at radius 1 is 1.00 bits per heavy atom. The van der Waals surface area contributed by atoms with Gasteiger partial charge in [0.15, 0.2) is 0 Å². The Kier molecular flexibility index (Phi) is 6.15. The summed E-state index contributed by atoms with van der Waals surface area (Å²) in [4.78, 5) is 6.89. The van der Waals surface area contributed by atoms with Gasteiger partial charge in [-0.15, -0.1) is 0 Å². The lowest BCUT2D eigenvalue weighted by Crippen LogP contribution is -2.21. The van der Waals surface area contributed by atoms with E-state index in [-0.39, 0.29) is 11.9 Å². The minimum atomic E-state index is 0.205. The number of phenolic OH excluding ortho intramolecular Hbond substituents is 1.